The van der Waals surface area contributed by atoms with Gasteiger partial charge in [-0.05, 0) is 47.2 Å². The molecule has 0 aliphatic heterocycles. The number of thioether (sulfide) groups is 1. The largest absolute Gasteiger partial charge is 0.455 e. The minimum Gasteiger partial charge on any atom is -0.455 e. The molecule has 0 saturated heterocycles. The summed E-state index contributed by atoms with van der Waals surface area (Å²) in [5.74, 6) is 1.46. The molecule has 2 aromatic carbocycles. The number of furan rings is 1. The van der Waals surface area contributed by atoms with Gasteiger partial charge in [-0.1, -0.05) is 63.2 Å². The van der Waals surface area contributed by atoms with E-state index < -0.39 is 6.10 Å². The fourth-order valence-electron chi connectivity index (χ4n) is 3.25. The van der Waals surface area contributed by atoms with Gasteiger partial charge in [-0.2, -0.15) is 0 Å². The lowest BCUT2D eigenvalue weighted by atomic mass is 9.87. The number of carbonyl (C=O) groups excluding carboxylic acids is 1. The minimum absolute atomic E-state index is 0.0994. The molecule has 3 aromatic rings. The van der Waals surface area contributed by atoms with Crippen LogP contribution in [0, 0.1) is 6.92 Å². The van der Waals surface area contributed by atoms with E-state index in [1.165, 1.54) is 20.9 Å². The second-order valence-electron chi connectivity index (χ2n) is 8.90. The van der Waals surface area contributed by atoms with Gasteiger partial charge in [0, 0.05) is 11.9 Å². The minimum atomic E-state index is -0.738. The highest BCUT2D eigenvalue weighted by molar-refractivity contribution is 7.98. The van der Waals surface area contributed by atoms with Crippen molar-refractivity contribution in [3.63, 3.8) is 0 Å². The van der Waals surface area contributed by atoms with Gasteiger partial charge in [0.1, 0.15) is 5.76 Å². The second-order valence-corrected chi connectivity index (χ2v) is 9.91. The number of hydrogen-bond donors (Lipinski definition) is 1. The summed E-state index contributed by atoms with van der Waals surface area (Å²) in [6, 6.07) is 19.5. The third-order valence-corrected chi connectivity index (χ3v) is 6.45. The Balaban J connectivity index is 1.62. The molecule has 1 N–H and O–H groups in total. The molecule has 0 aliphatic rings. The van der Waals surface area contributed by atoms with Crippen LogP contribution in [0.1, 0.15) is 59.9 Å². The molecular weight excluding hydrogens is 406 g/mol. The fourth-order valence-corrected chi connectivity index (χ4v) is 4.21. The monoisotopic (exact) mass is 437 g/mol. The van der Waals surface area contributed by atoms with Crippen LogP contribution < -0.4 is 0 Å². The molecule has 1 unspecified atom stereocenters. The molecule has 0 saturated carbocycles. The molecule has 0 spiro atoms. The van der Waals surface area contributed by atoms with E-state index in [4.69, 9.17) is 4.42 Å². The quantitative estimate of drug-likeness (QED) is 0.462. The van der Waals surface area contributed by atoms with Crippen molar-refractivity contribution in [2.24, 2.45) is 0 Å². The summed E-state index contributed by atoms with van der Waals surface area (Å²) in [6.07, 6.45) is -0.738. The van der Waals surface area contributed by atoms with Crippen LogP contribution in [0.2, 0.25) is 0 Å². The van der Waals surface area contributed by atoms with Crippen LogP contribution in [0.25, 0.3) is 0 Å². The van der Waals surface area contributed by atoms with Crippen molar-refractivity contribution in [1.82, 2.24) is 4.90 Å². The summed E-state index contributed by atoms with van der Waals surface area (Å²) < 4.78 is 5.82. The average molecular weight is 438 g/mol. The molecule has 0 fully saturated rings. The van der Waals surface area contributed by atoms with E-state index in [1.54, 1.807) is 24.9 Å². The smallest absolute Gasteiger partial charge is 0.289 e. The van der Waals surface area contributed by atoms with Crippen LogP contribution in [0.4, 0.5) is 0 Å². The normalized spacial score (nSPS) is 12.6. The predicted molar refractivity (Wildman–Crippen MR) is 127 cm³/mol. The van der Waals surface area contributed by atoms with Gasteiger partial charge in [0.05, 0.1) is 18.4 Å². The molecule has 1 amide bonds. The molecule has 5 heteroatoms. The molecule has 1 heterocycles. The van der Waals surface area contributed by atoms with E-state index in [0.29, 0.717) is 11.5 Å². The molecule has 0 bridgehead atoms. The zero-order chi connectivity index (χ0) is 22.6. The predicted octanol–water partition coefficient (Wildman–Crippen LogP) is 5.98. The van der Waals surface area contributed by atoms with E-state index in [9.17, 15) is 9.90 Å². The molecule has 3 rings (SSSR count). The third kappa shape index (κ3) is 6.02. The summed E-state index contributed by atoms with van der Waals surface area (Å²) >= 11 is 1.71. The van der Waals surface area contributed by atoms with E-state index in [2.05, 4.69) is 45.9 Å². The van der Waals surface area contributed by atoms with E-state index in [1.807, 2.05) is 36.4 Å². The summed E-state index contributed by atoms with van der Waals surface area (Å²) in [4.78, 5) is 15.4. The van der Waals surface area contributed by atoms with Gasteiger partial charge in [0.25, 0.3) is 5.91 Å². The molecule has 4 nitrogen and oxygen atoms in total. The Bertz CT molecular complexity index is 1020. The highest BCUT2D eigenvalue weighted by atomic mass is 32.2. The van der Waals surface area contributed by atoms with Crippen molar-refractivity contribution < 1.29 is 14.3 Å². The molecule has 0 radical (unpaired) electrons. The lowest BCUT2D eigenvalue weighted by Gasteiger charge is -2.20. The van der Waals surface area contributed by atoms with Crippen molar-refractivity contribution in [3.05, 3.63) is 88.9 Å². The highest BCUT2D eigenvalue weighted by Crippen LogP contribution is 2.32. The summed E-state index contributed by atoms with van der Waals surface area (Å²) in [6.45, 7) is 8.94. The number of benzene rings is 2. The number of nitrogens with zero attached hydrogens (tertiary/aromatic N) is 1. The van der Waals surface area contributed by atoms with Crippen molar-refractivity contribution >= 4 is 17.7 Å². The number of aliphatic hydroxyl groups excluding tert-OH is 1. The van der Waals surface area contributed by atoms with Crippen molar-refractivity contribution in [2.45, 2.75) is 49.9 Å². The van der Waals surface area contributed by atoms with Gasteiger partial charge in [-0.3, -0.25) is 4.79 Å². The van der Waals surface area contributed by atoms with Crippen molar-refractivity contribution in [1.29, 1.82) is 0 Å². The molecule has 0 aliphatic carbocycles. The van der Waals surface area contributed by atoms with Gasteiger partial charge in [-0.25, -0.2) is 0 Å². The van der Waals surface area contributed by atoms with Gasteiger partial charge in [-0.15, -0.1) is 11.8 Å². The Kier molecular flexibility index (Phi) is 7.29. The SMILES string of the molecule is Cc1ccc(C(C)(C)C)cc1SCc1ccc(C(=O)N(C)CC(O)c2ccccc2)o1. The van der Waals surface area contributed by atoms with Crippen LogP contribution in [0.5, 0.6) is 0 Å². The number of amides is 1. The Morgan fingerprint density at radius 3 is 2.48 bits per heavy atom. The first-order valence-corrected chi connectivity index (χ1v) is 11.4. The molecule has 1 atom stereocenters. The maximum absolute atomic E-state index is 12.7. The Labute approximate surface area is 189 Å². The van der Waals surface area contributed by atoms with Crippen molar-refractivity contribution in [3.8, 4) is 0 Å². The topological polar surface area (TPSA) is 53.7 Å². The van der Waals surface area contributed by atoms with E-state index in [0.717, 1.165) is 11.3 Å². The number of aryl methyl sites for hydroxylation is 1. The van der Waals surface area contributed by atoms with Gasteiger partial charge >= 0.3 is 0 Å². The Morgan fingerprint density at radius 1 is 1.10 bits per heavy atom. The zero-order valence-corrected chi connectivity index (χ0v) is 19.7. The lowest BCUT2D eigenvalue weighted by molar-refractivity contribution is 0.0650. The van der Waals surface area contributed by atoms with Gasteiger partial charge in [0.2, 0.25) is 0 Å². The fraction of sp³-hybridized carbons (Fsp3) is 0.346. The first-order valence-electron chi connectivity index (χ1n) is 10.5. The number of likely N-dealkylation sites (N-methyl/N-ethyl adjacent to an activating group) is 1. The van der Waals surface area contributed by atoms with Crippen LogP contribution in [0.3, 0.4) is 0 Å². The zero-order valence-electron chi connectivity index (χ0n) is 18.9. The van der Waals surface area contributed by atoms with Crippen molar-refractivity contribution in [2.75, 3.05) is 13.6 Å². The van der Waals surface area contributed by atoms with Gasteiger partial charge in [0.15, 0.2) is 5.76 Å². The van der Waals surface area contributed by atoms with E-state index >= 15 is 0 Å². The number of aliphatic hydroxyl groups is 1. The van der Waals surface area contributed by atoms with Gasteiger partial charge < -0.3 is 14.4 Å². The van der Waals surface area contributed by atoms with Crippen LogP contribution in [-0.2, 0) is 11.2 Å². The molecule has 1 aromatic heterocycles. The third-order valence-electron chi connectivity index (χ3n) is 5.27. The number of hydrogen-bond acceptors (Lipinski definition) is 4. The summed E-state index contributed by atoms with van der Waals surface area (Å²) in [5.41, 5.74) is 3.42. The number of rotatable bonds is 7. The van der Waals surface area contributed by atoms with Crippen LogP contribution in [0.15, 0.2) is 70.0 Å². The molecule has 164 valence electrons. The van der Waals surface area contributed by atoms with E-state index in [-0.39, 0.29) is 17.9 Å². The Morgan fingerprint density at radius 2 is 1.81 bits per heavy atom. The van der Waals surface area contributed by atoms with Crippen LogP contribution in [-0.4, -0.2) is 29.5 Å². The average Bonchev–Trinajstić information content (AvgIpc) is 3.21. The Hall–Kier alpha value is -2.50. The molecule has 31 heavy (non-hydrogen) atoms. The standard InChI is InChI=1S/C26H31NO3S/c1-18-11-12-20(26(2,3)4)15-24(18)31-17-21-13-14-23(30-21)25(29)27(5)16-22(28)19-9-7-6-8-10-19/h6-15,22,28H,16-17H2,1-5H3. The summed E-state index contributed by atoms with van der Waals surface area (Å²) in [7, 11) is 1.67. The maximum atomic E-state index is 12.7. The lowest BCUT2D eigenvalue weighted by Crippen LogP contribution is -2.30. The first kappa shape index (κ1) is 23.2. The number of carbonyl (C=O) groups is 1. The van der Waals surface area contributed by atoms with Crippen LogP contribution >= 0.6 is 11.8 Å². The summed E-state index contributed by atoms with van der Waals surface area (Å²) in [5, 5.41) is 10.4. The first-order chi connectivity index (χ1) is 14.6. The maximum Gasteiger partial charge on any atom is 0.289 e. The highest BCUT2D eigenvalue weighted by Gasteiger charge is 2.20. The second kappa shape index (κ2) is 9.75. The molecular formula is C26H31NO3S.